The number of rotatable bonds is 6. The predicted molar refractivity (Wildman–Crippen MR) is 72.8 cm³/mol. The van der Waals surface area contributed by atoms with Gasteiger partial charge in [0.25, 0.3) is 0 Å². The molecule has 0 radical (unpaired) electrons. The Morgan fingerprint density at radius 2 is 1.70 bits per heavy atom. The number of aromatic nitrogens is 1. The molecule has 0 aliphatic heterocycles. The standard InChI is InChI=1S/C13H20F3N3O/c1-4-5-17-10-6-9(13(14,15)16)7-11(19-10)18-8-12(2,3)20/h6-7,20H,4-5,8H2,1-3H3,(H2,17,18,19). The summed E-state index contributed by atoms with van der Waals surface area (Å²) in [5.41, 5.74) is -1.81. The van der Waals surface area contributed by atoms with E-state index in [1.54, 1.807) is 13.8 Å². The van der Waals surface area contributed by atoms with Crippen LogP contribution < -0.4 is 10.6 Å². The fourth-order valence-corrected chi connectivity index (χ4v) is 1.44. The SMILES string of the molecule is CCCNc1cc(C(F)(F)F)cc(NCC(C)(C)O)n1. The molecule has 0 atom stereocenters. The molecule has 1 rings (SSSR count). The van der Waals surface area contributed by atoms with Crippen LogP contribution in [0.5, 0.6) is 0 Å². The van der Waals surface area contributed by atoms with Crippen molar-refractivity contribution in [1.29, 1.82) is 0 Å². The monoisotopic (exact) mass is 291 g/mol. The van der Waals surface area contributed by atoms with Gasteiger partial charge in [-0.1, -0.05) is 6.92 Å². The molecule has 0 saturated heterocycles. The number of aliphatic hydroxyl groups is 1. The Morgan fingerprint density at radius 3 is 2.15 bits per heavy atom. The molecule has 7 heteroatoms. The molecule has 20 heavy (non-hydrogen) atoms. The smallest absolute Gasteiger partial charge is 0.389 e. The topological polar surface area (TPSA) is 57.2 Å². The van der Waals surface area contributed by atoms with Gasteiger partial charge in [0.15, 0.2) is 0 Å². The van der Waals surface area contributed by atoms with E-state index in [1.165, 1.54) is 0 Å². The molecule has 0 spiro atoms. The molecule has 0 bridgehead atoms. The Bertz CT molecular complexity index is 441. The van der Waals surface area contributed by atoms with E-state index in [0.29, 0.717) is 6.54 Å². The van der Waals surface area contributed by atoms with Crippen LogP contribution in [-0.2, 0) is 6.18 Å². The van der Waals surface area contributed by atoms with Gasteiger partial charge in [-0.3, -0.25) is 0 Å². The van der Waals surface area contributed by atoms with Gasteiger partial charge >= 0.3 is 6.18 Å². The molecule has 0 aliphatic rings. The number of hydrogen-bond acceptors (Lipinski definition) is 4. The summed E-state index contributed by atoms with van der Waals surface area (Å²) in [7, 11) is 0. The molecule has 3 N–H and O–H groups in total. The van der Waals surface area contributed by atoms with Gasteiger partial charge in [-0.15, -0.1) is 0 Å². The van der Waals surface area contributed by atoms with Gasteiger partial charge in [0.1, 0.15) is 11.6 Å². The maximum Gasteiger partial charge on any atom is 0.416 e. The Hall–Kier alpha value is -1.50. The van der Waals surface area contributed by atoms with Crippen molar-refractivity contribution in [2.24, 2.45) is 0 Å². The summed E-state index contributed by atoms with van der Waals surface area (Å²) >= 11 is 0. The minimum absolute atomic E-state index is 0.0838. The molecule has 1 aromatic rings. The molecule has 0 amide bonds. The van der Waals surface area contributed by atoms with Gasteiger partial charge in [-0.2, -0.15) is 13.2 Å². The lowest BCUT2D eigenvalue weighted by atomic mass is 10.1. The second-order valence-corrected chi connectivity index (χ2v) is 5.22. The van der Waals surface area contributed by atoms with Gasteiger partial charge in [0.05, 0.1) is 11.2 Å². The quantitative estimate of drug-likeness (QED) is 0.754. The number of alkyl halides is 3. The summed E-state index contributed by atoms with van der Waals surface area (Å²) < 4.78 is 38.4. The summed E-state index contributed by atoms with van der Waals surface area (Å²) in [6.07, 6.45) is -3.65. The van der Waals surface area contributed by atoms with Gasteiger partial charge in [-0.05, 0) is 32.4 Å². The van der Waals surface area contributed by atoms with E-state index in [0.717, 1.165) is 18.6 Å². The van der Waals surface area contributed by atoms with Crippen molar-refractivity contribution in [3.8, 4) is 0 Å². The first-order chi connectivity index (χ1) is 9.12. The zero-order valence-corrected chi connectivity index (χ0v) is 11.8. The Kier molecular flexibility index (Phi) is 5.21. The zero-order chi connectivity index (χ0) is 15.4. The highest BCUT2D eigenvalue weighted by Crippen LogP contribution is 2.32. The number of nitrogens with one attached hydrogen (secondary N) is 2. The van der Waals surface area contributed by atoms with Crippen LogP contribution in [0.4, 0.5) is 24.8 Å². The molecular formula is C13H20F3N3O. The highest BCUT2D eigenvalue weighted by molar-refractivity contribution is 5.50. The lowest BCUT2D eigenvalue weighted by Gasteiger charge is -2.19. The van der Waals surface area contributed by atoms with Gasteiger partial charge in [0.2, 0.25) is 0 Å². The largest absolute Gasteiger partial charge is 0.416 e. The lowest BCUT2D eigenvalue weighted by molar-refractivity contribution is -0.137. The average Bonchev–Trinajstić information content (AvgIpc) is 2.32. The molecule has 1 aromatic heterocycles. The van der Waals surface area contributed by atoms with Crippen LogP contribution in [0.15, 0.2) is 12.1 Å². The number of hydrogen-bond donors (Lipinski definition) is 3. The van der Waals surface area contributed by atoms with Crippen molar-refractivity contribution in [2.45, 2.75) is 39.0 Å². The van der Waals surface area contributed by atoms with Gasteiger partial charge in [-0.25, -0.2) is 4.98 Å². The van der Waals surface area contributed by atoms with Crippen LogP contribution >= 0.6 is 0 Å². The molecule has 0 aromatic carbocycles. The summed E-state index contributed by atoms with van der Waals surface area (Å²) in [5, 5.41) is 15.1. The van der Waals surface area contributed by atoms with Gasteiger partial charge in [0, 0.05) is 13.1 Å². The second-order valence-electron chi connectivity index (χ2n) is 5.22. The first-order valence-corrected chi connectivity index (χ1v) is 6.41. The Balaban J connectivity index is 2.97. The molecule has 0 unspecified atom stereocenters. The van der Waals surface area contributed by atoms with Crippen LogP contribution in [0.1, 0.15) is 32.8 Å². The first-order valence-electron chi connectivity index (χ1n) is 6.41. The number of nitrogens with zero attached hydrogens (tertiary/aromatic N) is 1. The third kappa shape index (κ3) is 5.64. The van der Waals surface area contributed by atoms with E-state index in [4.69, 9.17) is 0 Å². The van der Waals surface area contributed by atoms with E-state index in [9.17, 15) is 18.3 Å². The highest BCUT2D eigenvalue weighted by Gasteiger charge is 2.31. The van der Waals surface area contributed by atoms with Crippen molar-refractivity contribution in [3.05, 3.63) is 17.7 Å². The Morgan fingerprint density at radius 1 is 1.15 bits per heavy atom. The van der Waals surface area contributed by atoms with E-state index in [1.807, 2.05) is 6.92 Å². The number of pyridine rings is 1. The van der Waals surface area contributed by atoms with Gasteiger partial charge < -0.3 is 15.7 Å². The molecular weight excluding hydrogens is 271 g/mol. The van der Waals surface area contributed by atoms with E-state index in [2.05, 4.69) is 15.6 Å². The van der Waals surface area contributed by atoms with Crippen molar-refractivity contribution < 1.29 is 18.3 Å². The van der Waals surface area contributed by atoms with Crippen molar-refractivity contribution in [3.63, 3.8) is 0 Å². The minimum atomic E-state index is -4.43. The fraction of sp³-hybridized carbons (Fsp3) is 0.615. The molecule has 114 valence electrons. The minimum Gasteiger partial charge on any atom is -0.389 e. The molecule has 0 saturated carbocycles. The summed E-state index contributed by atoms with van der Waals surface area (Å²) in [6, 6.07) is 1.91. The molecule has 4 nitrogen and oxygen atoms in total. The van der Waals surface area contributed by atoms with E-state index >= 15 is 0 Å². The molecule has 0 aliphatic carbocycles. The van der Waals surface area contributed by atoms with Crippen LogP contribution in [0.3, 0.4) is 0 Å². The van der Waals surface area contributed by atoms with E-state index < -0.39 is 17.3 Å². The molecule has 0 fully saturated rings. The van der Waals surface area contributed by atoms with Crippen LogP contribution in [0.2, 0.25) is 0 Å². The van der Waals surface area contributed by atoms with Crippen molar-refractivity contribution in [2.75, 3.05) is 23.7 Å². The number of anilines is 2. The first kappa shape index (κ1) is 16.6. The molecule has 1 heterocycles. The lowest BCUT2D eigenvalue weighted by Crippen LogP contribution is -2.29. The Labute approximate surface area is 116 Å². The third-order valence-electron chi connectivity index (χ3n) is 2.41. The summed E-state index contributed by atoms with van der Waals surface area (Å²) in [4.78, 5) is 4.05. The van der Waals surface area contributed by atoms with E-state index in [-0.39, 0.29) is 18.2 Å². The maximum absolute atomic E-state index is 12.8. The number of halogens is 3. The van der Waals surface area contributed by atoms with Crippen LogP contribution in [0.25, 0.3) is 0 Å². The van der Waals surface area contributed by atoms with Crippen LogP contribution in [0, 0.1) is 0 Å². The zero-order valence-electron chi connectivity index (χ0n) is 11.8. The van der Waals surface area contributed by atoms with Crippen LogP contribution in [-0.4, -0.2) is 28.8 Å². The van der Waals surface area contributed by atoms with Crippen molar-refractivity contribution in [1.82, 2.24) is 4.98 Å². The summed E-state index contributed by atoms with van der Waals surface area (Å²) in [6.45, 7) is 5.68. The predicted octanol–water partition coefficient (Wildman–Crippen LogP) is 3.11. The summed E-state index contributed by atoms with van der Waals surface area (Å²) in [5.74, 6) is 0.250. The third-order valence-corrected chi connectivity index (χ3v) is 2.41. The highest BCUT2D eigenvalue weighted by atomic mass is 19.4. The maximum atomic E-state index is 12.8. The normalized spacial score (nSPS) is 12.3. The fourth-order valence-electron chi connectivity index (χ4n) is 1.44. The average molecular weight is 291 g/mol. The van der Waals surface area contributed by atoms with Crippen molar-refractivity contribution >= 4 is 11.6 Å². The second kappa shape index (κ2) is 6.30.